The van der Waals surface area contributed by atoms with Crippen molar-refractivity contribution in [3.05, 3.63) is 21.8 Å². The van der Waals surface area contributed by atoms with E-state index in [-0.39, 0.29) is 23.7 Å². The van der Waals surface area contributed by atoms with Crippen LogP contribution in [0.5, 0.6) is 0 Å². The van der Waals surface area contributed by atoms with Gasteiger partial charge in [0.2, 0.25) is 5.91 Å². The molecule has 1 N–H and O–H groups in total. The smallest absolute Gasteiger partial charge is 0.341 e. The maximum absolute atomic E-state index is 12.7. The van der Waals surface area contributed by atoms with Crippen molar-refractivity contribution < 1.29 is 19.1 Å². The molecule has 31 heavy (non-hydrogen) atoms. The summed E-state index contributed by atoms with van der Waals surface area (Å²) < 4.78 is 12.8. The summed E-state index contributed by atoms with van der Waals surface area (Å²) >= 11 is 2.74. The molecule has 0 aromatic carbocycles. The summed E-state index contributed by atoms with van der Waals surface area (Å²) in [6.07, 6.45) is 2.94. The minimum absolute atomic E-state index is 0.158. The lowest BCUT2D eigenvalue weighted by Gasteiger charge is -2.16. The fourth-order valence-electron chi connectivity index (χ4n) is 3.70. The Kier molecular flexibility index (Phi) is 8.12. The van der Waals surface area contributed by atoms with Crippen molar-refractivity contribution in [2.45, 2.75) is 70.7 Å². The molecule has 0 spiro atoms. The second-order valence-electron chi connectivity index (χ2n) is 7.76. The number of methoxy groups -OCH3 is 1. The van der Waals surface area contributed by atoms with Crippen LogP contribution < -0.4 is 5.32 Å². The van der Waals surface area contributed by atoms with Crippen molar-refractivity contribution in [2.75, 3.05) is 24.8 Å². The van der Waals surface area contributed by atoms with Crippen LogP contribution in [0.15, 0.2) is 5.16 Å². The van der Waals surface area contributed by atoms with Crippen molar-refractivity contribution in [2.24, 2.45) is 0 Å². The van der Waals surface area contributed by atoms with E-state index < -0.39 is 5.97 Å². The van der Waals surface area contributed by atoms with Crippen molar-refractivity contribution in [3.63, 3.8) is 0 Å². The molecule has 1 unspecified atom stereocenters. The van der Waals surface area contributed by atoms with Crippen LogP contribution in [-0.2, 0) is 27.2 Å². The van der Waals surface area contributed by atoms with Gasteiger partial charge in [0.1, 0.15) is 10.8 Å². The molecule has 10 heteroatoms. The average molecular weight is 467 g/mol. The van der Waals surface area contributed by atoms with E-state index in [2.05, 4.69) is 33.9 Å². The van der Waals surface area contributed by atoms with E-state index in [1.54, 1.807) is 0 Å². The number of carbonyl (C=O) groups is 2. The van der Waals surface area contributed by atoms with Crippen LogP contribution in [0.25, 0.3) is 0 Å². The van der Waals surface area contributed by atoms with Crippen LogP contribution >= 0.6 is 23.1 Å². The highest BCUT2D eigenvalue weighted by molar-refractivity contribution is 7.99. The maximum Gasteiger partial charge on any atom is 0.341 e. The predicted molar refractivity (Wildman–Crippen MR) is 122 cm³/mol. The molecular formula is C21H30N4O4S2. The largest absolute Gasteiger partial charge is 0.465 e. The number of carbonyl (C=O) groups excluding carboxylic acids is 2. The molecule has 3 heterocycles. The number of thiophene rings is 1. The highest BCUT2D eigenvalue weighted by Crippen LogP contribution is 2.34. The molecule has 8 nitrogen and oxygen atoms in total. The van der Waals surface area contributed by atoms with Crippen LogP contribution in [0, 0.1) is 6.92 Å². The molecule has 0 saturated carbocycles. The second kappa shape index (κ2) is 10.6. The number of aryl methyl sites for hydroxylation is 1. The lowest BCUT2D eigenvalue weighted by atomic mass is 10.1. The Morgan fingerprint density at radius 1 is 1.39 bits per heavy atom. The van der Waals surface area contributed by atoms with E-state index in [0.29, 0.717) is 28.7 Å². The van der Waals surface area contributed by atoms with Crippen molar-refractivity contribution >= 4 is 40.0 Å². The molecule has 2 aromatic rings. The molecule has 3 rings (SSSR count). The molecule has 1 amide bonds. The fourth-order valence-corrected chi connectivity index (χ4v) is 5.60. The standard InChI is InChI=1S/C21H30N4O4S2/c1-6-15-13(4)31-19(17(15)20(27)28-5)22-16(26)11-30-21-24-23-18(12(2)3)25(21)10-14-8-7-9-29-14/h12,14H,6-11H2,1-5H3,(H,22,26). The van der Waals surface area contributed by atoms with Crippen molar-refractivity contribution in [1.82, 2.24) is 14.8 Å². The Balaban J connectivity index is 1.71. The van der Waals surface area contributed by atoms with E-state index in [9.17, 15) is 9.59 Å². The lowest BCUT2D eigenvalue weighted by Crippen LogP contribution is -2.19. The number of aromatic nitrogens is 3. The predicted octanol–water partition coefficient (Wildman–Crippen LogP) is 4.03. The Morgan fingerprint density at radius 3 is 2.77 bits per heavy atom. The number of hydrogen-bond acceptors (Lipinski definition) is 8. The summed E-state index contributed by atoms with van der Waals surface area (Å²) in [5, 5.41) is 12.8. The normalized spacial score (nSPS) is 16.1. The van der Waals surface area contributed by atoms with Gasteiger partial charge in [0.05, 0.1) is 31.1 Å². The van der Waals surface area contributed by atoms with E-state index >= 15 is 0 Å². The topological polar surface area (TPSA) is 95.3 Å². The van der Waals surface area contributed by atoms with E-state index in [1.165, 1.54) is 30.2 Å². The molecule has 0 radical (unpaired) electrons. The Bertz CT molecular complexity index is 932. The summed E-state index contributed by atoms with van der Waals surface area (Å²) in [5.41, 5.74) is 1.37. The number of thioether (sulfide) groups is 1. The molecule has 1 fully saturated rings. The van der Waals surface area contributed by atoms with Gasteiger partial charge in [-0.1, -0.05) is 32.5 Å². The number of nitrogens with zero attached hydrogens (tertiary/aromatic N) is 3. The highest BCUT2D eigenvalue weighted by Gasteiger charge is 2.25. The summed E-state index contributed by atoms with van der Waals surface area (Å²) in [6.45, 7) is 9.57. The molecule has 1 atom stereocenters. The lowest BCUT2D eigenvalue weighted by molar-refractivity contribution is -0.113. The van der Waals surface area contributed by atoms with Gasteiger partial charge in [-0.2, -0.15) is 0 Å². The van der Waals surface area contributed by atoms with Gasteiger partial charge < -0.3 is 19.4 Å². The van der Waals surface area contributed by atoms with Gasteiger partial charge in [-0.3, -0.25) is 4.79 Å². The molecule has 0 bridgehead atoms. The average Bonchev–Trinajstić information content (AvgIpc) is 3.45. The molecule has 2 aromatic heterocycles. The fraction of sp³-hybridized carbons (Fsp3) is 0.619. The number of rotatable bonds is 9. The quantitative estimate of drug-likeness (QED) is 0.440. The Morgan fingerprint density at radius 2 is 2.16 bits per heavy atom. The molecule has 1 aliphatic heterocycles. The summed E-state index contributed by atoms with van der Waals surface area (Å²) in [7, 11) is 1.35. The van der Waals surface area contributed by atoms with Crippen molar-refractivity contribution in [3.8, 4) is 0 Å². The number of amides is 1. The maximum atomic E-state index is 12.7. The van der Waals surface area contributed by atoms with Gasteiger partial charge in [0, 0.05) is 17.4 Å². The van der Waals surface area contributed by atoms with Crippen LogP contribution in [0.2, 0.25) is 0 Å². The summed E-state index contributed by atoms with van der Waals surface area (Å²) in [5.74, 6) is 0.661. The third-order valence-corrected chi connectivity index (χ3v) is 7.24. The van der Waals surface area contributed by atoms with E-state index in [0.717, 1.165) is 35.7 Å². The minimum atomic E-state index is -0.429. The summed E-state index contributed by atoms with van der Waals surface area (Å²) in [4.78, 5) is 26.0. The van der Waals surface area contributed by atoms with Crippen molar-refractivity contribution in [1.29, 1.82) is 0 Å². The molecule has 1 aliphatic rings. The van der Waals surface area contributed by atoms with Gasteiger partial charge in [0.25, 0.3) is 0 Å². The number of hydrogen-bond donors (Lipinski definition) is 1. The van der Waals surface area contributed by atoms with Crippen LogP contribution in [0.4, 0.5) is 5.00 Å². The number of ether oxygens (including phenoxy) is 2. The van der Waals surface area contributed by atoms with E-state index in [1.807, 2.05) is 13.8 Å². The highest BCUT2D eigenvalue weighted by atomic mass is 32.2. The molecular weight excluding hydrogens is 436 g/mol. The molecule has 0 aliphatic carbocycles. The van der Waals surface area contributed by atoms with Gasteiger partial charge in [-0.25, -0.2) is 4.79 Å². The van der Waals surface area contributed by atoms with Gasteiger partial charge in [-0.15, -0.1) is 21.5 Å². The zero-order chi connectivity index (χ0) is 22.5. The van der Waals surface area contributed by atoms with Gasteiger partial charge in [-0.05, 0) is 31.7 Å². The second-order valence-corrected chi connectivity index (χ2v) is 9.93. The first-order chi connectivity index (χ1) is 14.8. The first kappa shape index (κ1) is 23.7. The van der Waals surface area contributed by atoms with Crippen LogP contribution in [0.3, 0.4) is 0 Å². The third kappa shape index (κ3) is 5.48. The number of nitrogens with one attached hydrogen (secondary N) is 1. The van der Waals surface area contributed by atoms with Gasteiger partial charge >= 0.3 is 5.97 Å². The number of anilines is 1. The van der Waals surface area contributed by atoms with Crippen LogP contribution in [-0.4, -0.2) is 52.2 Å². The first-order valence-electron chi connectivity index (χ1n) is 10.5. The Labute approximate surface area is 191 Å². The molecule has 170 valence electrons. The number of esters is 1. The van der Waals surface area contributed by atoms with E-state index in [4.69, 9.17) is 9.47 Å². The SMILES string of the molecule is CCc1c(C)sc(NC(=O)CSc2nnc(C(C)C)n2CC2CCCO2)c1C(=O)OC. The first-order valence-corrected chi connectivity index (χ1v) is 12.3. The minimum Gasteiger partial charge on any atom is -0.465 e. The third-order valence-electron chi connectivity index (χ3n) is 5.21. The van der Waals surface area contributed by atoms with Gasteiger partial charge in [0.15, 0.2) is 5.16 Å². The zero-order valence-electron chi connectivity index (χ0n) is 18.7. The van der Waals surface area contributed by atoms with Crippen LogP contribution in [0.1, 0.15) is 66.2 Å². The monoisotopic (exact) mass is 466 g/mol. The summed E-state index contributed by atoms with van der Waals surface area (Å²) in [6, 6.07) is 0. The zero-order valence-corrected chi connectivity index (χ0v) is 20.3. The molecule has 1 saturated heterocycles. The Hall–Kier alpha value is -1.91.